The third-order valence-corrected chi connectivity index (χ3v) is 7.03. The summed E-state index contributed by atoms with van der Waals surface area (Å²) in [5.74, 6) is 0.561. The van der Waals surface area contributed by atoms with Gasteiger partial charge in [-0.1, -0.05) is 58.7 Å². The van der Waals surface area contributed by atoms with Crippen molar-refractivity contribution in [1.29, 1.82) is 0 Å². The van der Waals surface area contributed by atoms with Crippen molar-refractivity contribution in [2.24, 2.45) is 5.92 Å². The van der Waals surface area contributed by atoms with Gasteiger partial charge in [0.25, 0.3) is 0 Å². The Kier molecular flexibility index (Phi) is 8.15. The first-order chi connectivity index (χ1) is 9.37. The Morgan fingerprint density at radius 2 is 1.80 bits per heavy atom. The van der Waals surface area contributed by atoms with Crippen LogP contribution < -0.4 is 0 Å². The van der Waals surface area contributed by atoms with E-state index in [1.54, 1.807) is 0 Å². The van der Waals surface area contributed by atoms with E-state index in [0.717, 1.165) is 13.2 Å². The van der Waals surface area contributed by atoms with E-state index in [9.17, 15) is 0 Å². The fourth-order valence-corrected chi connectivity index (χ4v) is 4.29. The van der Waals surface area contributed by atoms with E-state index in [1.807, 2.05) is 0 Å². The normalized spacial score (nSPS) is 20.9. The van der Waals surface area contributed by atoms with Crippen LogP contribution in [0.4, 0.5) is 0 Å². The second kappa shape index (κ2) is 8.80. The van der Waals surface area contributed by atoms with Gasteiger partial charge < -0.3 is 4.74 Å². The fourth-order valence-electron chi connectivity index (χ4n) is 3.09. The molecule has 0 aromatic heterocycles. The van der Waals surface area contributed by atoms with Crippen LogP contribution in [0.1, 0.15) is 58.3 Å². The minimum atomic E-state index is -0.971. The van der Waals surface area contributed by atoms with Gasteiger partial charge in [-0.2, -0.15) is 0 Å². The Morgan fingerprint density at radius 3 is 2.35 bits per heavy atom. The summed E-state index contributed by atoms with van der Waals surface area (Å²) in [7, 11) is -0.971. The Bertz CT molecular complexity index is 256. The minimum Gasteiger partial charge on any atom is -0.381 e. The number of hydrogen-bond donors (Lipinski definition) is 0. The third kappa shape index (κ3) is 6.95. The maximum atomic E-state index is 6.97. The zero-order valence-electron chi connectivity index (χ0n) is 14.1. The molecule has 1 saturated carbocycles. The number of hydrogen-bond acceptors (Lipinski definition) is 1. The molecule has 1 atom stereocenters. The van der Waals surface area contributed by atoms with Crippen LogP contribution in [-0.4, -0.2) is 26.2 Å². The lowest BCUT2D eigenvalue weighted by molar-refractivity contribution is 0.0779. The summed E-state index contributed by atoms with van der Waals surface area (Å²) in [4.78, 5) is 0.0343. The number of alkyl halides is 1. The second-order valence-electron chi connectivity index (χ2n) is 7.82. The molecule has 0 radical (unpaired) electrons. The molecule has 0 N–H and O–H groups in total. The highest BCUT2D eigenvalue weighted by molar-refractivity contribution is 6.76. The first-order valence-electron chi connectivity index (χ1n) is 8.64. The number of rotatable bonds is 9. The van der Waals surface area contributed by atoms with Crippen LogP contribution in [0.15, 0.2) is 0 Å². The van der Waals surface area contributed by atoms with Gasteiger partial charge in [-0.3, -0.25) is 0 Å². The Labute approximate surface area is 132 Å². The van der Waals surface area contributed by atoms with Crippen molar-refractivity contribution >= 4 is 19.7 Å². The van der Waals surface area contributed by atoms with Crippen molar-refractivity contribution in [3.8, 4) is 0 Å². The molecule has 120 valence electrons. The predicted octanol–water partition coefficient (Wildman–Crippen LogP) is 6.09. The quantitative estimate of drug-likeness (QED) is 0.284. The van der Waals surface area contributed by atoms with Crippen LogP contribution in [0.5, 0.6) is 0 Å². The Hall–Kier alpha value is 0.467. The Morgan fingerprint density at radius 1 is 1.15 bits per heavy atom. The van der Waals surface area contributed by atoms with Crippen LogP contribution in [-0.2, 0) is 4.74 Å². The maximum absolute atomic E-state index is 6.97. The van der Waals surface area contributed by atoms with Gasteiger partial charge in [0.15, 0.2) is 0 Å². The first kappa shape index (κ1) is 18.5. The van der Waals surface area contributed by atoms with Crippen molar-refractivity contribution in [2.75, 3.05) is 13.2 Å². The lowest BCUT2D eigenvalue weighted by atomic mass is 9.77. The van der Waals surface area contributed by atoms with Crippen LogP contribution >= 0.6 is 11.6 Å². The van der Waals surface area contributed by atoms with Gasteiger partial charge in [-0.05, 0) is 25.3 Å². The molecule has 0 aliphatic heterocycles. The second-order valence-corrected chi connectivity index (χ2v) is 14.2. The molecule has 0 bridgehead atoms. The van der Waals surface area contributed by atoms with E-state index in [-0.39, 0.29) is 4.87 Å². The van der Waals surface area contributed by atoms with Crippen molar-refractivity contribution in [3.63, 3.8) is 0 Å². The van der Waals surface area contributed by atoms with Gasteiger partial charge in [-0.25, -0.2) is 0 Å². The number of unbranched alkanes of at least 4 members (excludes halogenated alkanes) is 1. The zero-order chi connectivity index (χ0) is 15.1. The van der Waals surface area contributed by atoms with Gasteiger partial charge in [-0.15, -0.1) is 11.6 Å². The van der Waals surface area contributed by atoms with Crippen molar-refractivity contribution < 1.29 is 4.74 Å². The predicted molar refractivity (Wildman–Crippen MR) is 93.7 cm³/mol. The third-order valence-electron chi connectivity index (χ3n) is 4.64. The van der Waals surface area contributed by atoms with Gasteiger partial charge in [0.05, 0.1) is 6.61 Å². The van der Waals surface area contributed by atoms with Crippen LogP contribution in [0, 0.1) is 5.92 Å². The highest BCUT2D eigenvalue weighted by Crippen LogP contribution is 2.42. The van der Waals surface area contributed by atoms with Crippen molar-refractivity contribution in [3.05, 3.63) is 0 Å². The lowest BCUT2D eigenvalue weighted by Crippen LogP contribution is -2.37. The number of halogens is 1. The van der Waals surface area contributed by atoms with E-state index in [2.05, 4.69) is 26.6 Å². The fraction of sp³-hybridized carbons (Fsp3) is 1.00. The van der Waals surface area contributed by atoms with Gasteiger partial charge in [0.2, 0.25) is 0 Å². The highest BCUT2D eigenvalue weighted by Gasteiger charge is 2.37. The summed E-state index contributed by atoms with van der Waals surface area (Å²) in [6, 6.07) is 1.27. The van der Waals surface area contributed by atoms with E-state index < -0.39 is 8.07 Å². The SMILES string of the molecule is CCCC[C@@H](COCC[Si](C)(C)C)C1(Cl)CCCCC1. The Balaban J connectivity index is 2.42. The van der Waals surface area contributed by atoms with Crippen LogP contribution in [0.25, 0.3) is 0 Å². The molecular weight excluding hydrogens is 284 g/mol. The molecule has 0 amide bonds. The first-order valence-corrected chi connectivity index (χ1v) is 12.7. The number of ether oxygens (including phenoxy) is 1. The summed E-state index contributed by atoms with van der Waals surface area (Å²) in [6.45, 7) is 11.3. The molecule has 0 unspecified atom stereocenters. The smallest absolute Gasteiger partial charge is 0.0510 e. The molecule has 0 aromatic rings. The molecule has 1 rings (SSSR count). The highest BCUT2D eigenvalue weighted by atomic mass is 35.5. The van der Waals surface area contributed by atoms with E-state index in [4.69, 9.17) is 16.3 Å². The summed E-state index contributed by atoms with van der Waals surface area (Å²) in [5.41, 5.74) is 0. The van der Waals surface area contributed by atoms with E-state index in [1.165, 1.54) is 57.4 Å². The monoisotopic (exact) mass is 318 g/mol. The molecule has 3 heteroatoms. The molecule has 1 fully saturated rings. The zero-order valence-corrected chi connectivity index (χ0v) is 15.9. The summed E-state index contributed by atoms with van der Waals surface area (Å²) in [6.07, 6.45) is 10.2. The standard InChI is InChI=1S/C17H35ClOSi/c1-5-6-10-16(15-19-13-14-20(2,3)4)17(18)11-8-7-9-12-17/h16H,5-15H2,1-4H3/t16-/m0/s1. The van der Waals surface area contributed by atoms with Crippen LogP contribution in [0.3, 0.4) is 0 Å². The maximum Gasteiger partial charge on any atom is 0.0510 e. The van der Waals surface area contributed by atoms with Gasteiger partial charge in [0.1, 0.15) is 0 Å². The molecule has 1 aliphatic carbocycles. The molecular formula is C17H35ClOSi. The minimum absolute atomic E-state index is 0.0343. The summed E-state index contributed by atoms with van der Waals surface area (Å²) < 4.78 is 6.04. The topological polar surface area (TPSA) is 9.23 Å². The molecule has 1 aliphatic rings. The van der Waals surface area contributed by atoms with Crippen molar-refractivity contribution in [2.45, 2.75) is 88.8 Å². The van der Waals surface area contributed by atoms with Crippen LogP contribution in [0.2, 0.25) is 25.7 Å². The average Bonchev–Trinajstić information content (AvgIpc) is 2.37. The summed E-state index contributed by atoms with van der Waals surface area (Å²) in [5, 5.41) is 0. The largest absolute Gasteiger partial charge is 0.381 e. The van der Waals surface area contributed by atoms with Crippen molar-refractivity contribution in [1.82, 2.24) is 0 Å². The van der Waals surface area contributed by atoms with Gasteiger partial charge in [0, 0.05) is 25.5 Å². The van der Waals surface area contributed by atoms with E-state index >= 15 is 0 Å². The average molecular weight is 319 g/mol. The molecule has 20 heavy (non-hydrogen) atoms. The summed E-state index contributed by atoms with van der Waals surface area (Å²) >= 11 is 6.97. The lowest BCUT2D eigenvalue weighted by Gasteiger charge is -2.38. The molecule has 0 saturated heterocycles. The molecule has 0 aromatic carbocycles. The molecule has 0 heterocycles. The molecule has 1 nitrogen and oxygen atoms in total. The molecule has 0 spiro atoms. The van der Waals surface area contributed by atoms with E-state index in [0.29, 0.717) is 5.92 Å². The van der Waals surface area contributed by atoms with Gasteiger partial charge >= 0.3 is 0 Å².